The van der Waals surface area contributed by atoms with Crippen LogP contribution in [0, 0.1) is 27.7 Å². The minimum absolute atomic E-state index is 0.0778. The van der Waals surface area contributed by atoms with Gasteiger partial charge in [0.05, 0.1) is 57.6 Å². The highest BCUT2D eigenvalue weighted by atomic mass is 16.1. The summed E-state index contributed by atoms with van der Waals surface area (Å²) in [4.78, 5) is 49.0. The molecule has 2 aliphatic rings. The molecule has 0 radical (unpaired) electrons. The van der Waals surface area contributed by atoms with E-state index in [9.17, 15) is 9.59 Å². The molecule has 14 heteroatoms. The number of piperidine rings is 2. The molecule has 0 spiro atoms. The lowest BCUT2D eigenvalue weighted by Gasteiger charge is -2.31. The van der Waals surface area contributed by atoms with Gasteiger partial charge in [-0.1, -0.05) is 19.1 Å². The standard InChI is InChI=1S/C23H26N6O.C22H24N6O/c1-4-27-9-7-17(8-10-27)18-5-6-22-25-19(12-23(30)28(22)14-18)20-11-21-16(3)24-15(2)13-29(21)26-20;1-14-12-28-20(15(2)23-14)10-19(25-28)18-11-22(29)27-13-17(4-5-21(27)24-18)16-6-8-26(3)9-7-16/h5-6,11-14,17H,4,7-10H2,1-3H3;4-5,10-13,16H,6-9H2,1-3H3. The van der Waals surface area contributed by atoms with Gasteiger partial charge >= 0.3 is 0 Å². The summed E-state index contributed by atoms with van der Waals surface area (Å²) in [6, 6.07) is 15.2. The van der Waals surface area contributed by atoms with Gasteiger partial charge < -0.3 is 9.80 Å². The molecule has 0 amide bonds. The molecule has 0 aromatic carbocycles. The molecular formula is C45H50N12O2. The second kappa shape index (κ2) is 15.6. The van der Waals surface area contributed by atoms with Crippen molar-refractivity contribution in [1.29, 1.82) is 0 Å². The fourth-order valence-electron chi connectivity index (χ4n) is 8.74. The maximum atomic E-state index is 12.9. The van der Waals surface area contributed by atoms with Crippen LogP contribution in [0.5, 0.6) is 0 Å². The smallest absolute Gasteiger partial charge is 0.258 e. The van der Waals surface area contributed by atoms with E-state index in [1.165, 1.54) is 11.1 Å². The van der Waals surface area contributed by atoms with Crippen LogP contribution in [0.4, 0.5) is 0 Å². The number of nitrogens with zero attached hydrogens (tertiary/aromatic N) is 12. The molecule has 2 saturated heterocycles. The van der Waals surface area contributed by atoms with E-state index >= 15 is 0 Å². The van der Waals surface area contributed by atoms with Gasteiger partial charge in [-0.3, -0.25) is 28.4 Å². The zero-order chi connectivity index (χ0) is 40.9. The molecule has 2 aliphatic heterocycles. The summed E-state index contributed by atoms with van der Waals surface area (Å²) in [5.74, 6) is 1.00. The molecule has 10 rings (SSSR count). The van der Waals surface area contributed by atoms with Gasteiger partial charge in [0.1, 0.15) is 22.7 Å². The highest BCUT2D eigenvalue weighted by molar-refractivity contribution is 5.67. The Bertz CT molecular complexity index is 2980. The predicted octanol–water partition coefficient (Wildman–Crippen LogP) is 6.05. The Hall–Kier alpha value is -6.12. The summed E-state index contributed by atoms with van der Waals surface area (Å²) in [6.45, 7) is 15.5. The quantitative estimate of drug-likeness (QED) is 0.203. The summed E-state index contributed by atoms with van der Waals surface area (Å²) < 4.78 is 6.93. The van der Waals surface area contributed by atoms with Crippen LogP contribution in [0.3, 0.4) is 0 Å². The second-order valence-corrected chi connectivity index (χ2v) is 16.3. The van der Waals surface area contributed by atoms with Crippen molar-refractivity contribution in [3.8, 4) is 22.8 Å². The van der Waals surface area contributed by atoms with Crippen molar-refractivity contribution in [3.05, 3.63) is 128 Å². The largest absolute Gasteiger partial charge is 0.306 e. The molecule has 10 heterocycles. The third-order valence-electron chi connectivity index (χ3n) is 12.1. The zero-order valence-corrected chi connectivity index (χ0v) is 34.6. The first-order chi connectivity index (χ1) is 28.5. The highest BCUT2D eigenvalue weighted by Gasteiger charge is 2.22. The number of rotatable bonds is 5. The summed E-state index contributed by atoms with van der Waals surface area (Å²) in [6.07, 6.45) is 12.2. The Balaban J connectivity index is 0.000000152. The lowest BCUT2D eigenvalue weighted by molar-refractivity contribution is 0.222. The normalized spacial score (nSPS) is 16.0. The van der Waals surface area contributed by atoms with E-state index in [0.29, 0.717) is 45.9 Å². The van der Waals surface area contributed by atoms with Crippen LogP contribution in [0.2, 0.25) is 0 Å². The van der Waals surface area contributed by atoms with E-state index in [4.69, 9.17) is 9.97 Å². The van der Waals surface area contributed by atoms with Crippen molar-refractivity contribution < 1.29 is 0 Å². The summed E-state index contributed by atoms with van der Waals surface area (Å²) >= 11 is 0. The number of hydrogen-bond donors (Lipinski definition) is 0. The van der Waals surface area contributed by atoms with E-state index in [-0.39, 0.29) is 11.1 Å². The van der Waals surface area contributed by atoms with Crippen LogP contribution in [0.25, 0.3) is 45.1 Å². The molecule has 0 atom stereocenters. The maximum absolute atomic E-state index is 12.9. The second-order valence-electron chi connectivity index (χ2n) is 16.3. The number of aromatic nitrogens is 10. The summed E-state index contributed by atoms with van der Waals surface area (Å²) in [5, 5.41) is 9.23. The van der Waals surface area contributed by atoms with Gasteiger partial charge in [-0.05, 0) is 140 Å². The molecule has 0 saturated carbocycles. The van der Waals surface area contributed by atoms with Crippen molar-refractivity contribution in [2.24, 2.45) is 0 Å². The maximum Gasteiger partial charge on any atom is 0.258 e. The molecule has 0 bridgehead atoms. The van der Waals surface area contributed by atoms with E-state index in [0.717, 1.165) is 92.2 Å². The number of hydrogen-bond acceptors (Lipinski definition) is 10. The van der Waals surface area contributed by atoms with Crippen molar-refractivity contribution in [2.45, 2.75) is 72.1 Å². The Labute approximate surface area is 341 Å². The average molecular weight is 791 g/mol. The summed E-state index contributed by atoms with van der Waals surface area (Å²) in [5.41, 5.74) is 11.6. The highest BCUT2D eigenvalue weighted by Crippen LogP contribution is 2.29. The number of likely N-dealkylation sites (tertiary alicyclic amines) is 2. The van der Waals surface area contributed by atoms with Gasteiger partial charge in [0, 0.05) is 24.5 Å². The number of pyridine rings is 2. The van der Waals surface area contributed by atoms with Gasteiger partial charge in [0.2, 0.25) is 0 Å². The van der Waals surface area contributed by atoms with E-state index < -0.39 is 0 Å². The van der Waals surface area contributed by atoms with Crippen LogP contribution in [-0.2, 0) is 0 Å². The minimum Gasteiger partial charge on any atom is -0.306 e. The Morgan fingerprint density at radius 1 is 0.559 bits per heavy atom. The molecule has 59 heavy (non-hydrogen) atoms. The first-order valence-corrected chi connectivity index (χ1v) is 20.7. The molecular weight excluding hydrogens is 741 g/mol. The van der Waals surface area contributed by atoms with Gasteiger partial charge in [-0.15, -0.1) is 0 Å². The first-order valence-electron chi connectivity index (χ1n) is 20.7. The summed E-state index contributed by atoms with van der Waals surface area (Å²) in [7, 11) is 2.16. The number of fused-ring (bicyclic) bond motifs is 4. The molecule has 0 unspecified atom stereocenters. The van der Waals surface area contributed by atoms with Crippen molar-refractivity contribution in [3.63, 3.8) is 0 Å². The Kier molecular flexibility index (Phi) is 10.1. The van der Waals surface area contributed by atoms with Crippen LogP contribution < -0.4 is 11.1 Å². The fourth-order valence-corrected chi connectivity index (χ4v) is 8.74. The van der Waals surface area contributed by atoms with E-state index in [2.05, 4.69) is 56.1 Å². The number of aryl methyl sites for hydroxylation is 4. The Morgan fingerprint density at radius 3 is 1.44 bits per heavy atom. The topological polar surface area (TPSA) is 136 Å². The molecule has 0 aliphatic carbocycles. The third kappa shape index (κ3) is 7.65. The predicted molar refractivity (Wildman–Crippen MR) is 229 cm³/mol. The SMILES string of the molecule is CCN1CCC(c2ccc3nc(-c4cc5c(C)nc(C)cn5n4)cc(=O)n3c2)CC1.Cc1cn2nc(-c3cc(=O)n4cc(C5CCN(C)CC5)ccc4n3)cc2c(C)n1. The molecule has 8 aromatic rings. The molecule has 302 valence electrons. The van der Waals surface area contributed by atoms with Crippen molar-refractivity contribution in [2.75, 3.05) is 39.8 Å². The van der Waals surface area contributed by atoms with E-state index in [1.54, 1.807) is 25.4 Å². The average Bonchev–Trinajstić information content (AvgIpc) is 3.87. The van der Waals surface area contributed by atoms with E-state index in [1.807, 2.05) is 81.3 Å². The monoisotopic (exact) mass is 790 g/mol. The molecule has 0 N–H and O–H groups in total. The fraction of sp³-hybridized carbons (Fsp3) is 0.378. The first kappa shape index (κ1) is 38.4. The van der Waals surface area contributed by atoms with Crippen LogP contribution in [-0.4, -0.2) is 97.5 Å². The lowest BCUT2D eigenvalue weighted by atomic mass is 9.90. The molecule has 2 fully saturated rings. The zero-order valence-electron chi connectivity index (χ0n) is 34.6. The van der Waals surface area contributed by atoms with Gasteiger partial charge in [-0.2, -0.15) is 10.2 Å². The van der Waals surface area contributed by atoms with Gasteiger partial charge in [0.25, 0.3) is 11.1 Å². The van der Waals surface area contributed by atoms with Crippen LogP contribution in [0.1, 0.15) is 78.3 Å². The lowest BCUT2D eigenvalue weighted by Crippen LogP contribution is -2.32. The van der Waals surface area contributed by atoms with Crippen molar-refractivity contribution in [1.82, 2.24) is 57.8 Å². The molecule has 14 nitrogen and oxygen atoms in total. The minimum atomic E-state index is -0.0807. The van der Waals surface area contributed by atoms with Crippen molar-refractivity contribution >= 4 is 22.3 Å². The van der Waals surface area contributed by atoms with Crippen LogP contribution >= 0.6 is 0 Å². The molecule has 8 aromatic heterocycles. The van der Waals surface area contributed by atoms with Crippen LogP contribution in [0.15, 0.2) is 82.9 Å². The Morgan fingerprint density at radius 2 is 1.00 bits per heavy atom. The van der Waals surface area contributed by atoms with Gasteiger partial charge in [-0.25, -0.2) is 19.0 Å². The third-order valence-corrected chi connectivity index (χ3v) is 12.1. The van der Waals surface area contributed by atoms with Gasteiger partial charge in [0.15, 0.2) is 0 Å².